The molecule has 0 heteroatoms. The Morgan fingerprint density at radius 3 is 0.955 bits per heavy atom. The number of hydrogen-bond donors (Lipinski definition) is 0. The standard InChI is InChI=1S/C22H42/c1-17(2,3)11-19(7)13-21(9)15-20(8,12-18(4,5)6)16-22(21,10)14-19/h11-16H2,1-10H3. The third-order valence-electron chi connectivity index (χ3n) is 6.64. The summed E-state index contributed by atoms with van der Waals surface area (Å²) in [7, 11) is 0. The van der Waals surface area contributed by atoms with Crippen LogP contribution < -0.4 is 0 Å². The minimum atomic E-state index is 0.453. The minimum absolute atomic E-state index is 0.453. The Morgan fingerprint density at radius 2 is 0.773 bits per heavy atom. The van der Waals surface area contributed by atoms with Crippen LogP contribution in [0.5, 0.6) is 0 Å². The summed E-state index contributed by atoms with van der Waals surface area (Å²) in [5, 5.41) is 0. The molecule has 0 radical (unpaired) electrons. The zero-order valence-electron chi connectivity index (χ0n) is 17.2. The quantitative estimate of drug-likeness (QED) is 0.496. The van der Waals surface area contributed by atoms with Crippen LogP contribution in [-0.2, 0) is 0 Å². The second-order valence-corrected chi connectivity index (χ2v) is 12.9. The van der Waals surface area contributed by atoms with Gasteiger partial charge in [-0.2, -0.15) is 0 Å². The van der Waals surface area contributed by atoms with E-state index < -0.39 is 0 Å². The Bertz CT molecular complexity index is 372. The van der Waals surface area contributed by atoms with E-state index in [2.05, 4.69) is 69.2 Å². The van der Waals surface area contributed by atoms with E-state index >= 15 is 0 Å². The maximum absolute atomic E-state index is 2.62. The summed E-state index contributed by atoms with van der Waals surface area (Å²) in [6, 6.07) is 0. The van der Waals surface area contributed by atoms with Crippen molar-refractivity contribution in [2.75, 3.05) is 0 Å². The molecule has 0 nitrogen and oxygen atoms in total. The van der Waals surface area contributed by atoms with Gasteiger partial charge < -0.3 is 0 Å². The van der Waals surface area contributed by atoms with Crippen molar-refractivity contribution in [2.24, 2.45) is 32.5 Å². The molecule has 0 unspecified atom stereocenters. The van der Waals surface area contributed by atoms with Gasteiger partial charge in [-0.1, -0.05) is 69.2 Å². The molecule has 0 atom stereocenters. The predicted octanol–water partition coefficient (Wildman–Crippen LogP) is 7.47. The largest absolute Gasteiger partial charge is 0.0602 e. The smallest absolute Gasteiger partial charge is 0.0261 e. The van der Waals surface area contributed by atoms with E-state index in [1.54, 1.807) is 0 Å². The molecule has 0 aromatic rings. The van der Waals surface area contributed by atoms with Crippen LogP contribution in [0.15, 0.2) is 0 Å². The molecule has 0 aliphatic heterocycles. The maximum Gasteiger partial charge on any atom is -0.0261 e. The molecule has 0 amide bonds. The van der Waals surface area contributed by atoms with Gasteiger partial charge in [0, 0.05) is 0 Å². The summed E-state index contributed by atoms with van der Waals surface area (Å²) in [6.45, 7) is 24.9. The summed E-state index contributed by atoms with van der Waals surface area (Å²) in [5.41, 5.74) is 3.10. The molecular weight excluding hydrogens is 264 g/mol. The van der Waals surface area contributed by atoms with Crippen molar-refractivity contribution in [2.45, 2.75) is 108 Å². The van der Waals surface area contributed by atoms with Crippen LogP contribution in [0.25, 0.3) is 0 Å². The van der Waals surface area contributed by atoms with Gasteiger partial charge in [-0.3, -0.25) is 0 Å². The fourth-order valence-electron chi connectivity index (χ4n) is 7.68. The monoisotopic (exact) mass is 306 g/mol. The minimum Gasteiger partial charge on any atom is -0.0602 e. The highest BCUT2D eigenvalue weighted by Crippen LogP contribution is 2.74. The molecule has 0 N–H and O–H groups in total. The zero-order chi connectivity index (χ0) is 17.2. The summed E-state index contributed by atoms with van der Waals surface area (Å²) in [5.74, 6) is 0. The predicted molar refractivity (Wildman–Crippen MR) is 99.0 cm³/mol. The molecule has 22 heavy (non-hydrogen) atoms. The molecular formula is C22H42. The van der Waals surface area contributed by atoms with E-state index in [0.29, 0.717) is 32.5 Å². The lowest BCUT2D eigenvalue weighted by Crippen LogP contribution is -2.27. The Morgan fingerprint density at radius 1 is 0.545 bits per heavy atom. The molecule has 0 aromatic carbocycles. The summed E-state index contributed by atoms with van der Waals surface area (Å²) in [6.07, 6.45) is 8.50. The van der Waals surface area contributed by atoms with Crippen LogP contribution in [0.2, 0.25) is 0 Å². The van der Waals surface area contributed by atoms with E-state index in [9.17, 15) is 0 Å². The van der Waals surface area contributed by atoms with Gasteiger partial charge in [0.2, 0.25) is 0 Å². The Hall–Kier alpha value is 0. The number of fused-ring (bicyclic) bond motifs is 1. The van der Waals surface area contributed by atoms with Crippen molar-refractivity contribution in [1.29, 1.82) is 0 Å². The normalized spacial score (nSPS) is 46.1. The summed E-state index contributed by atoms with van der Waals surface area (Å²) < 4.78 is 0. The van der Waals surface area contributed by atoms with Crippen molar-refractivity contribution in [3.8, 4) is 0 Å². The molecule has 2 fully saturated rings. The van der Waals surface area contributed by atoms with Crippen LogP contribution in [0.3, 0.4) is 0 Å². The van der Waals surface area contributed by atoms with E-state index in [1.807, 2.05) is 0 Å². The molecule has 2 aliphatic rings. The van der Waals surface area contributed by atoms with Crippen LogP contribution in [0.1, 0.15) is 108 Å². The highest BCUT2D eigenvalue weighted by atomic mass is 14.7. The zero-order valence-corrected chi connectivity index (χ0v) is 17.2. The van der Waals surface area contributed by atoms with Crippen LogP contribution in [-0.4, -0.2) is 0 Å². The van der Waals surface area contributed by atoms with E-state index in [1.165, 1.54) is 38.5 Å². The second-order valence-electron chi connectivity index (χ2n) is 12.9. The molecule has 0 spiro atoms. The molecule has 2 aliphatic carbocycles. The molecule has 130 valence electrons. The summed E-state index contributed by atoms with van der Waals surface area (Å²) >= 11 is 0. The first kappa shape index (κ1) is 18.3. The fraction of sp³-hybridized carbons (Fsp3) is 1.00. The topological polar surface area (TPSA) is 0 Å². The molecule has 0 bridgehead atoms. The lowest BCUT2D eigenvalue weighted by atomic mass is 9.67. The van der Waals surface area contributed by atoms with Gasteiger partial charge in [0.25, 0.3) is 0 Å². The van der Waals surface area contributed by atoms with Crippen molar-refractivity contribution >= 4 is 0 Å². The third-order valence-corrected chi connectivity index (χ3v) is 6.64. The highest BCUT2D eigenvalue weighted by Gasteiger charge is 2.64. The van der Waals surface area contributed by atoms with Crippen LogP contribution in [0, 0.1) is 32.5 Å². The van der Waals surface area contributed by atoms with Gasteiger partial charge in [0.1, 0.15) is 0 Å². The highest BCUT2D eigenvalue weighted by molar-refractivity contribution is 5.14. The van der Waals surface area contributed by atoms with Gasteiger partial charge in [0.15, 0.2) is 0 Å². The Labute approximate surface area is 140 Å². The lowest BCUT2D eigenvalue weighted by Gasteiger charge is -2.38. The summed E-state index contributed by atoms with van der Waals surface area (Å²) in [4.78, 5) is 0. The number of hydrogen-bond acceptors (Lipinski definition) is 0. The van der Waals surface area contributed by atoms with E-state index in [-0.39, 0.29) is 0 Å². The second kappa shape index (κ2) is 4.76. The SMILES string of the molecule is CC(C)(C)CC1(C)CC2(C)CC(C)(CC(C)(C)C)CC2(C)C1. The van der Waals surface area contributed by atoms with E-state index in [4.69, 9.17) is 0 Å². The molecule has 2 saturated carbocycles. The van der Waals surface area contributed by atoms with Gasteiger partial charge >= 0.3 is 0 Å². The van der Waals surface area contributed by atoms with Crippen LogP contribution in [0.4, 0.5) is 0 Å². The Kier molecular flexibility index (Phi) is 3.97. The fourth-order valence-corrected chi connectivity index (χ4v) is 7.68. The first-order valence-electron chi connectivity index (χ1n) is 9.49. The molecule has 0 aromatic heterocycles. The van der Waals surface area contributed by atoms with Crippen molar-refractivity contribution < 1.29 is 0 Å². The van der Waals surface area contributed by atoms with E-state index in [0.717, 1.165) is 0 Å². The maximum atomic E-state index is 2.62. The van der Waals surface area contributed by atoms with Gasteiger partial charge in [-0.25, -0.2) is 0 Å². The van der Waals surface area contributed by atoms with Crippen LogP contribution >= 0.6 is 0 Å². The lowest BCUT2D eigenvalue weighted by molar-refractivity contribution is 0.127. The van der Waals surface area contributed by atoms with Gasteiger partial charge in [-0.05, 0) is 71.0 Å². The van der Waals surface area contributed by atoms with Crippen molar-refractivity contribution in [3.05, 3.63) is 0 Å². The van der Waals surface area contributed by atoms with Crippen molar-refractivity contribution in [3.63, 3.8) is 0 Å². The molecule has 2 rings (SSSR count). The Balaban J connectivity index is 2.21. The number of rotatable bonds is 2. The first-order valence-corrected chi connectivity index (χ1v) is 9.49. The van der Waals surface area contributed by atoms with Crippen molar-refractivity contribution in [1.82, 2.24) is 0 Å². The first-order chi connectivity index (χ1) is 9.49. The van der Waals surface area contributed by atoms with Gasteiger partial charge in [-0.15, -0.1) is 0 Å². The van der Waals surface area contributed by atoms with Gasteiger partial charge in [0.05, 0.1) is 0 Å². The third kappa shape index (κ3) is 3.57. The average Bonchev–Trinajstić information content (AvgIpc) is 2.31. The average molecular weight is 307 g/mol. The molecule has 0 saturated heterocycles. The molecule has 0 heterocycles.